The Kier molecular flexibility index (Phi) is 7.94. The fourth-order valence-electron chi connectivity index (χ4n) is 2.01. The van der Waals surface area contributed by atoms with Crippen LogP contribution in [0.2, 0.25) is 0 Å². The Morgan fingerprint density at radius 3 is 1.46 bits per heavy atom. The van der Waals surface area contributed by atoms with Gasteiger partial charge in [-0.15, -0.1) is 0 Å². The molecule has 0 spiro atoms. The molecule has 0 saturated carbocycles. The third-order valence-electron chi connectivity index (χ3n) is 3.34. The molecule has 0 aliphatic rings. The smallest absolute Gasteiger partial charge is 0.343 e. The molecule has 0 heterocycles. The van der Waals surface area contributed by atoms with Gasteiger partial charge in [-0.05, 0) is 92.7 Å². The van der Waals surface area contributed by atoms with E-state index in [9.17, 15) is 9.59 Å². The second-order valence-electron chi connectivity index (χ2n) is 5.01. The Bertz CT molecular complexity index is 739. The first-order valence-electron chi connectivity index (χ1n) is 7.43. The standard InChI is InChI=1S/C18H16I2O6/c1-23-17(21)9-25-11-3-5-13(15(19)7-11)14-6-4-12(8-16(14)20)26-10-18(22)24-2/h3-8H,9-10H2,1-2H3. The molecule has 0 fully saturated rings. The average molecular weight is 582 g/mol. The molecule has 138 valence electrons. The summed E-state index contributed by atoms with van der Waals surface area (Å²) in [6.45, 7) is -0.259. The third-order valence-corrected chi connectivity index (χ3v) is 5.12. The van der Waals surface area contributed by atoms with E-state index < -0.39 is 11.9 Å². The molecule has 0 unspecified atom stereocenters. The fraction of sp³-hybridized carbons (Fsp3) is 0.222. The minimum Gasteiger partial charge on any atom is -0.482 e. The topological polar surface area (TPSA) is 71.1 Å². The number of ether oxygens (including phenoxy) is 4. The van der Waals surface area contributed by atoms with Gasteiger partial charge in [-0.3, -0.25) is 0 Å². The van der Waals surface area contributed by atoms with E-state index in [1.807, 2.05) is 24.3 Å². The summed E-state index contributed by atoms with van der Waals surface area (Å²) in [5, 5.41) is 0. The lowest BCUT2D eigenvalue weighted by atomic mass is 10.1. The van der Waals surface area contributed by atoms with Gasteiger partial charge >= 0.3 is 11.9 Å². The fourth-order valence-corrected chi connectivity index (χ4v) is 3.56. The summed E-state index contributed by atoms with van der Waals surface area (Å²) in [7, 11) is 2.64. The minimum atomic E-state index is -0.429. The molecule has 2 rings (SSSR count). The van der Waals surface area contributed by atoms with E-state index in [0.717, 1.165) is 18.3 Å². The second-order valence-corrected chi connectivity index (χ2v) is 7.34. The van der Waals surface area contributed by atoms with Crippen LogP contribution in [0.5, 0.6) is 11.5 Å². The number of halogens is 2. The number of hydrogen-bond acceptors (Lipinski definition) is 6. The Balaban J connectivity index is 2.15. The molecule has 0 aliphatic carbocycles. The largest absolute Gasteiger partial charge is 0.482 e. The predicted molar refractivity (Wildman–Crippen MR) is 112 cm³/mol. The molecule has 0 saturated heterocycles. The van der Waals surface area contributed by atoms with Crippen LogP contribution < -0.4 is 9.47 Å². The summed E-state index contributed by atoms with van der Waals surface area (Å²) < 4.78 is 21.9. The van der Waals surface area contributed by atoms with Gasteiger partial charge in [-0.1, -0.05) is 0 Å². The van der Waals surface area contributed by atoms with E-state index in [1.54, 1.807) is 12.1 Å². The highest BCUT2D eigenvalue weighted by Crippen LogP contribution is 2.33. The van der Waals surface area contributed by atoms with Crippen LogP contribution in [0.4, 0.5) is 0 Å². The van der Waals surface area contributed by atoms with E-state index in [1.165, 1.54) is 14.2 Å². The highest BCUT2D eigenvalue weighted by Gasteiger charge is 2.11. The first-order chi connectivity index (χ1) is 12.4. The van der Waals surface area contributed by atoms with Crippen LogP contribution >= 0.6 is 45.2 Å². The molecule has 8 heteroatoms. The first-order valence-corrected chi connectivity index (χ1v) is 9.59. The Labute approximate surface area is 178 Å². The van der Waals surface area contributed by atoms with Crippen molar-refractivity contribution in [3.63, 3.8) is 0 Å². The van der Waals surface area contributed by atoms with Crippen LogP contribution in [-0.2, 0) is 19.1 Å². The lowest BCUT2D eigenvalue weighted by Gasteiger charge is -2.12. The number of carbonyl (C=O) groups excluding carboxylic acids is 2. The molecule has 0 radical (unpaired) electrons. The van der Waals surface area contributed by atoms with Gasteiger partial charge in [0.1, 0.15) is 11.5 Å². The van der Waals surface area contributed by atoms with Crippen LogP contribution in [0.25, 0.3) is 11.1 Å². The summed E-state index contributed by atoms with van der Waals surface area (Å²) in [6.07, 6.45) is 0. The van der Waals surface area contributed by atoms with E-state index in [-0.39, 0.29) is 13.2 Å². The zero-order chi connectivity index (χ0) is 19.1. The molecule has 0 aliphatic heterocycles. The Morgan fingerprint density at radius 2 is 1.15 bits per heavy atom. The molecular formula is C18H16I2O6. The van der Waals surface area contributed by atoms with Crippen molar-refractivity contribution in [3.05, 3.63) is 43.5 Å². The molecular weight excluding hydrogens is 566 g/mol. The monoisotopic (exact) mass is 582 g/mol. The van der Waals surface area contributed by atoms with E-state index >= 15 is 0 Å². The minimum absolute atomic E-state index is 0.129. The zero-order valence-electron chi connectivity index (χ0n) is 14.1. The zero-order valence-corrected chi connectivity index (χ0v) is 18.4. The maximum absolute atomic E-state index is 11.2. The van der Waals surface area contributed by atoms with Crippen molar-refractivity contribution in [3.8, 4) is 22.6 Å². The third kappa shape index (κ3) is 5.73. The molecule has 0 aromatic heterocycles. The number of hydrogen-bond donors (Lipinski definition) is 0. The summed E-state index contributed by atoms with van der Waals surface area (Å²) in [4.78, 5) is 22.3. The second kappa shape index (κ2) is 9.95. The highest BCUT2D eigenvalue weighted by molar-refractivity contribution is 14.1. The maximum atomic E-state index is 11.2. The number of carbonyl (C=O) groups is 2. The molecule has 0 bridgehead atoms. The summed E-state index contributed by atoms with van der Waals surface area (Å²) in [5.41, 5.74) is 2.06. The van der Waals surface area contributed by atoms with Crippen molar-refractivity contribution >= 4 is 57.1 Å². The number of rotatable bonds is 7. The molecule has 2 aromatic rings. The van der Waals surface area contributed by atoms with Gasteiger partial charge in [-0.25, -0.2) is 9.59 Å². The van der Waals surface area contributed by atoms with Crippen LogP contribution in [0.3, 0.4) is 0 Å². The summed E-state index contributed by atoms with van der Waals surface area (Å²) >= 11 is 4.44. The lowest BCUT2D eigenvalue weighted by molar-refractivity contribution is -0.143. The maximum Gasteiger partial charge on any atom is 0.343 e. The van der Waals surface area contributed by atoms with Crippen molar-refractivity contribution in [1.29, 1.82) is 0 Å². The lowest BCUT2D eigenvalue weighted by Crippen LogP contribution is -2.12. The van der Waals surface area contributed by atoms with E-state index in [2.05, 4.69) is 54.7 Å². The number of benzene rings is 2. The molecule has 26 heavy (non-hydrogen) atoms. The first kappa shape index (κ1) is 20.7. The van der Waals surface area contributed by atoms with Crippen molar-refractivity contribution < 1.29 is 28.5 Å². The SMILES string of the molecule is COC(=O)COc1ccc(-c2ccc(OCC(=O)OC)cc2I)c(I)c1. The van der Waals surface area contributed by atoms with Gasteiger partial charge < -0.3 is 18.9 Å². The van der Waals surface area contributed by atoms with Crippen LogP contribution in [0, 0.1) is 7.14 Å². The molecule has 2 aromatic carbocycles. The van der Waals surface area contributed by atoms with Crippen molar-refractivity contribution in [2.45, 2.75) is 0 Å². The van der Waals surface area contributed by atoms with Gasteiger partial charge in [0, 0.05) is 7.14 Å². The van der Waals surface area contributed by atoms with Crippen LogP contribution in [0.15, 0.2) is 36.4 Å². The van der Waals surface area contributed by atoms with Gasteiger partial charge in [0.15, 0.2) is 13.2 Å². The Hall–Kier alpha value is -1.56. The van der Waals surface area contributed by atoms with Crippen LogP contribution in [0.1, 0.15) is 0 Å². The summed E-state index contributed by atoms with van der Waals surface area (Å²) in [6, 6.07) is 11.2. The molecule has 0 N–H and O–H groups in total. The molecule has 0 amide bonds. The number of esters is 2. The average Bonchev–Trinajstić information content (AvgIpc) is 2.64. The van der Waals surface area contributed by atoms with Crippen molar-refractivity contribution in [2.24, 2.45) is 0 Å². The number of methoxy groups -OCH3 is 2. The predicted octanol–water partition coefficient (Wildman–Crippen LogP) is 3.67. The van der Waals surface area contributed by atoms with E-state index in [0.29, 0.717) is 11.5 Å². The van der Waals surface area contributed by atoms with Gasteiger partial charge in [0.2, 0.25) is 0 Å². The van der Waals surface area contributed by atoms with Crippen LogP contribution in [-0.4, -0.2) is 39.4 Å². The Morgan fingerprint density at radius 1 is 0.769 bits per heavy atom. The normalized spacial score (nSPS) is 10.2. The van der Waals surface area contributed by atoms with Gasteiger partial charge in [0.25, 0.3) is 0 Å². The van der Waals surface area contributed by atoms with E-state index in [4.69, 9.17) is 9.47 Å². The van der Waals surface area contributed by atoms with Crippen molar-refractivity contribution in [2.75, 3.05) is 27.4 Å². The highest BCUT2D eigenvalue weighted by atomic mass is 127. The van der Waals surface area contributed by atoms with Gasteiger partial charge in [-0.2, -0.15) is 0 Å². The van der Waals surface area contributed by atoms with Gasteiger partial charge in [0.05, 0.1) is 14.2 Å². The molecule has 6 nitrogen and oxygen atoms in total. The molecule has 0 atom stereocenters. The van der Waals surface area contributed by atoms with Crippen molar-refractivity contribution in [1.82, 2.24) is 0 Å². The summed E-state index contributed by atoms with van der Waals surface area (Å²) in [5.74, 6) is 0.329. The quantitative estimate of drug-likeness (QED) is 0.367.